The van der Waals surface area contributed by atoms with Gasteiger partial charge in [0, 0.05) is 43.8 Å². The quantitative estimate of drug-likeness (QED) is 0.425. The normalized spacial score (nSPS) is 15.5. The summed E-state index contributed by atoms with van der Waals surface area (Å²) >= 11 is 6.46. The lowest BCUT2D eigenvalue weighted by Gasteiger charge is -2.34. The lowest BCUT2D eigenvalue weighted by molar-refractivity contribution is 0.499. The molecule has 0 radical (unpaired) electrons. The van der Waals surface area contributed by atoms with Crippen LogP contribution in [0, 0.1) is 5.82 Å². The second-order valence-corrected chi connectivity index (χ2v) is 9.55. The Morgan fingerprint density at radius 2 is 1.73 bits per heavy atom. The first kappa shape index (κ1) is 26.7. The van der Waals surface area contributed by atoms with Gasteiger partial charge in [0.25, 0.3) is 5.56 Å². The topological polar surface area (TPSA) is 78.2 Å². The standard InChI is InChI=1S/C26H27ClFN5O2.C2H6/c1-30-22-21(16-7-4-3-5-8-16)24(32-12-6-9-19(29)15-32)33(23(22)25(34)31(2)26(30)35)14-17-13-18(28)10-11-20(17)27;1-2/h3-5,7-8,10-11,13,19H,6,9,12,14-15,29H2,1-2H3;1-2H3. The van der Waals surface area contributed by atoms with Crippen LogP contribution < -0.4 is 21.9 Å². The first-order chi connectivity index (χ1) is 17.8. The molecule has 1 aliphatic rings. The Labute approximate surface area is 220 Å². The van der Waals surface area contributed by atoms with Crippen molar-refractivity contribution in [2.75, 3.05) is 18.0 Å². The summed E-state index contributed by atoms with van der Waals surface area (Å²) in [5, 5.41) is 0.400. The average molecular weight is 526 g/mol. The zero-order valence-electron chi connectivity index (χ0n) is 21.7. The van der Waals surface area contributed by atoms with Gasteiger partial charge in [-0.2, -0.15) is 0 Å². The largest absolute Gasteiger partial charge is 0.356 e. The Bertz CT molecular complexity index is 1540. The van der Waals surface area contributed by atoms with Crippen LogP contribution in [0.15, 0.2) is 58.1 Å². The van der Waals surface area contributed by atoms with Gasteiger partial charge in [0.15, 0.2) is 0 Å². The minimum absolute atomic E-state index is 0.0248. The molecule has 3 heterocycles. The molecule has 4 aromatic rings. The van der Waals surface area contributed by atoms with E-state index in [2.05, 4.69) is 4.90 Å². The van der Waals surface area contributed by atoms with Crippen LogP contribution in [0.25, 0.3) is 22.2 Å². The van der Waals surface area contributed by atoms with E-state index in [1.807, 2.05) is 48.7 Å². The minimum atomic E-state index is -0.416. The van der Waals surface area contributed by atoms with E-state index in [9.17, 15) is 14.0 Å². The molecule has 2 N–H and O–H groups in total. The maximum absolute atomic E-state index is 14.2. The number of piperidine rings is 1. The number of aromatic nitrogens is 3. The Morgan fingerprint density at radius 3 is 2.41 bits per heavy atom. The van der Waals surface area contributed by atoms with Gasteiger partial charge in [-0.1, -0.05) is 55.8 Å². The van der Waals surface area contributed by atoms with Crippen LogP contribution >= 0.6 is 11.6 Å². The van der Waals surface area contributed by atoms with Crippen LogP contribution in [-0.4, -0.2) is 32.8 Å². The van der Waals surface area contributed by atoms with Crippen molar-refractivity contribution in [3.05, 3.63) is 85.8 Å². The van der Waals surface area contributed by atoms with Crippen molar-refractivity contribution in [2.45, 2.75) is 39.3 Å². The maximum Gasteiger partial charge on any atom is 0.331 e. The molecule has 7 nitrogen and oxygen atoms in total. The van der Waals surface area contributed by atoms with Crippen molar-refractivity contribution in [1.29, 1.82) is 0 Å². The number of benzene rings is 2. The molecule has 1 unspecified atom stereocenters. The fourth-order valence-electron chi connectivity index (χ4n) is 5.09. The number of hydrogen-bond acceptors (Lipinski definition) is 4. The van der Waals surface area contributed by atoms with Crippen molar-refractivity contribution < 1.29 is 4.39 Å². The molecule has 37 heavy (non-hydrogen) atoms. The van der Waals surface area contributed by atoms with Crippen LogP contribution in [0.4, 0.5) is 10.2 Å². The van der Waals surface area contributed by atoms with Gasteiger partial charge in [0.1, 0.15) is 17.2 Å². The van der Waals surface area contributed by atoms with Crippen molar-refractivity contribution in [3.63, 3.8) is 0 Å². The molecule has 0 aliphatic carbocycles. The lowest BCUT2D eigenvalue weighted by Crippen LogP contribution is -2.44. The molecule has 2 aromatic heterocycles. The van der Waals surface area contributed by atoms with E-state index >= 15 is 0 Å². The zero-order valence-corrected chi connectivity index (χ0v) is 22.4. The first-order valence-electron chi connectivity index (χ1n) is 12.6. The summed E-state index contributed by atoms with van der Waals surface area (Å²) < 4.78 is 18.7. The van der Waals surface area contributed by atoms with Gasteiger partial charge in [-0.05, 0) is 42.2 Å². The predicted octanol–water partition coefficient (Wildman–Crippen LogP) is 4.50. The first-order valence-corrected chi connectivity index (χ1v) is 13.0. The highest BCUT2D eigenvalue weighted by Crippen LogP contribution is 2.40. The predicted molar refractivity (Wildman–Crippen MR) is 149 cm³/mol. The number of nitrogens with zero attached hydrogens (tertiary/aromatic N) is 4. The van der Waals surface area contributed by atoms with E-state index in [1.54, 1.807) is 7.05 Å². The molecule has 9 heteroatoms. The van der Waals surface area contributed by atoms with E-state index < -0.39 is 17.1 Å². The fraction of sp³-hybridized carbons (Fsp3) is 0.357. The SMILES string of the molecule is CC.Cn1c(=O)c2c(c(-c3ccccc3)c(N3CCCC(N)C3)n2Cc2cc(F)ccc2Cl)n(C)c1=O. The van der Waals surface area contributed by atoms with Crippen LogP contribution in [0.5, 0.6) is 0 Å². The Kier molecular flexibility index (Phi) is 7.90. The molecule has 0 saturated carbocycles. The number of nitrogens with two attached hydrogens (primary N) is 1. The third-order valence-corrected chi connectivity index (χ3v) is 7.15. The average Bonchev–Trinajstić information content (AvgIpc) is 3.25. The third kappa shape index (κ3) is 4.83. The molecule has 1 fully saturated rings. The van der Waals surface area contributed by atoms with Gasteiger partial charge in [-0.15, -0.1) is 0 Å². The van der Waals surface area contributed by atoms with Crippen molar-refractivity contribution in [3.8, 4) is 11.1 Å². The second kappa shape index (κ2) is 10.9. The number of halogens is 2. The smallest absolute Gasteiger partial charge is 0.331 e. The Hall–Kier alpha value is -3.36. The number of anilines is 1. The molecule has 0 spiro atoms. The van der Waals surface area contributed by atoms with Gasteiger partial charge < -0.3 is 15.2 Å². The monoisotopic (exact) mass is 525 g/mol. The Morgan fingerprint density at radius 1 is 1.03 bits per heavy atom. The van der Waals surface area contributed by atoms with Gasteiger partial charge in [-0.25, -0.2) is 9.18 Å². The van der Waals surface area contributed by atoms with E-state index in [1.165, 1.54) is 29.8 Å². The second-order valence-electron chi connectivity index (χ2n) is 9.14. The van der Waals surface area contributed by atoms with Gasteiger partial charge >= 0.3 is 5.69 Å². The minimum Gasteiger partial charge on any atom is -0.356 e. The van der Waals surface area contributed by atoms with Gasteiger partial charge in [0.2, 0.25) is 0 Å². The zero-order chi connectivity index (χ0) is 26.9. The van der Waals surface area contributed by atoms with Crippen LogP contribution in [0.1, 0.15) is 32.3 Å². The molecule has 2 aromatic carbocycles. The van der Waals surface area contributed by atoms with Crippen LogP contribution in [0.2, 0.25) is 5.02 Å². The van der Waals surface area contributed by atoms with Crippen molar-refractivity contribution in [1.82, 2.24) is 13.7 Å². The maximum atomic E-state index is 14.2. The summed E-state index contributed by atoms with van der Waals surface area (Å²) in [4.78, 5) is 28.8. The molecule has 1 aliphatic heterocycles. The number of hydrogen-bond donors (Lipinski definition) is 1. The third-order valence-electron chi connectivity index (χ3n) is 6.78. The van der Waals surface area contributed by atoms with Crippen LogP contribution in [0.3, 0.4) is 0 Å². The molecular formula is C28H33ClFN5O2. The summed E-state index contributed by atoms with van der Waals surface area (Å²) in [5.41, 5.74) is 8.62. The highest BCUT2D eigenvalue weighted by atomic mass is 35.5. The molecule has 5 rings (SSSR count). The van der Waals surface area contributed by atoms with E-state index in [0.29, 0.717) is 28.2 Å². The van der Waals surface area contributed by atoms with Gasteiger partial charge in [-0.3, -0.25) is 13.9 Å². The fourth-order valence-corrected chi connectivity index (χ4v) is 5.27. The summed E-state index contributed by atoms with van der Waals surface area (Å²) in [6.07, 6.45) is 1.81. The molecule has 196 valence electrons. The lowest BCUT2D eigenvalue weighted by atomic mass is 10.0. The van der Waals surface area contributed by atoms with Crippen LogP contribution in [-0.2, 0) is 20.6 Å². The number of aryl methyl sites for hydroxylation is 1. The van der Waals surface area contributed by atoms with E-state index in [4.69, 9.17) is 17.3 Å². The molecule has 1 saturated heterocycles. The van der Waals surface area contributed by atoms with E-state index in [-0.39, 0.29) is 12.6 Å². The highest BCUT2D eigenvalue weighted by molar-refractivity contribution is 6.31. The van der Waals surface area contributed by atoms with Crippen molar-refractivity contribution >= 4 is 28.5 Å². The summed E-state index contributed by atoms with van der Waals surface area (Å²) in [6, 6.07) is 13.9. The molecular weight excluding hydrogens is 493 g/mol. The number of fused-ring (bicyclic) bond motifs is 1. The summed E-state index contributed by atoms with van der Waals surface area (Å²) in [6.45, 7) is 5.50. The summed E-state index contributed by atoms with van der Waals surface area (Å²) in [5.74, 6) is 0.367. The molecule has 1 atom stereocenters. The highest BCUT2D eigenvalue weighted by Gasteiger charge is 2.30. The molecule has 0 amide bonds. The molecule has 0 bridgehead atoms. The van der Waals surface area contributed by atoms with E-state index in [0.717, 1.165) is 40.9 Å². The number of rotatable bonds is 4. The van der Waals surface area contributed by atoms with Crippen molar-refractivity contribution in [2.24, 2.45) is 19.8 Å². The Balaban J connectivity index is 0.00000156. The van der Waals surface area contributed by atoms with Gasteiger partial charge in [0.05, 0.1) is 12.1 Å². The summed E-state index contributed by atoms with van der Waals surface area (Å²) in [7, 11) is 3.14.